The van der Waals surface area contributed by atoms with Crippen molar-refractivity contribution in [1.82, 2.24) is 24.9 Å². The molecule has 3 aromatic carbocycles. The Balaban J connectivity index is 1.41. The molecule has 7 rings (SSSR count). The normalized spacial score (nSPS) is 16.2. The minimum atomic E-state index is -0.173. The Hall–Kier alpha value is -4.92. The molecule has 0 bridgehead atoms. The van der Waals surface area contributed by atoms with E-state index in [4.69, 9.17) is 19.7 Å². The fraction of sp³-hybridized carbons (Fsp3) is 0.200. The number of benzene rings is 3. The van der Waals surface area contributed by atoms with Crippen LogP contribution < -0.4 is 14.5 Å². The van der Waals surface area contributed by atoms with Crippen molar-refractivity contribution in [3.8, 4) is 17.2 Å². The summed E-state index contributed by atoms with van der Waals surface area (Å²) in [4.78, 5) is 2.31. The summed E-state index contributed by atoms with van der Waals surface area (Å²) in [6.07, 6.45) is 2.68. The molecular formula is C30H27N7O2. The summed E-state index contributed by atoms with van der Waals surface area (Å²) in [6, 6.07) is 24.4. The van der Waals surface area contributed by atoms with Crippen LogP contribution in [0.5, 0.6) is 11.5 Å². The van der Waals surface area contributed by atoms with Gasteiger partial charge in [0.1, 0.15) is 11.2 Å². The number of fused-ring (bicyclic) bond motifs is 4. The van der Waals surface area contributed by atoms with Crippen LogP contribution in [0.15, 0.2) is 84.1 Å². The maximum Gasteiger partial charge on any atom is 0.179 e. The number of methoxy groups -OCH3 is 2. The van der Waals surface area contributed by atoms with Gasteiger partial charge in [0.25, 0.3) is 0 Å². The highest BCUT2D eigenvalue weighted by atomic mass is 16.5. The number of amidine groups is 1. The van der Waals surface area contributed by atoms with Crippen molar-refractivity contribution < 1.29 is 9.47 Å². The number of rotatable bonds is 5. The average Bonchev–Trinajstić information content (AvgIpc) is 3.61. The number of hydrogen-bond donors (Lipinski definition) is 0. The van der Waals surface area contributed by atoms with Gasteiger partial charge in [0, 0.05) is 18.3 Å². The predicted octanol–water partition coefficient (Wildman–Crippen LogP) is 4.88. The van der Waals surface area contributed by atoms with Crippen molar-refractivity contribution in [2.45, 2.75) is 19.5 Å². The number of aryl methyl sites for hydroxylation is 1. The third kappa shape index (κ3) is 3.69. The molecule has 4 heterocycles. The van der Waals surface area contributed by atoms with Crippen molar-refractivity contribution in [3.63, 3.8) is 0 Å². The van der Waals surface area contributed by atoms with Crippen molar-refractivity contribution in [2.24, 2.45) is 5.10 Å². The van der Waals surface area contributed by atoms with Crippen LogP contribution in [0.25, 0.3) is 16.6 Å². The van der Waals surface area contributed by atoms with E-state index in [-0.39, 0.29) is 6.17 Å². The molecule has 39 heavy (non-hydrogen) atoms. The maximum absolute atomic E-state index is 5.69. The lowest BCUT2D eigenvalue weighted by Gasteiger charge is -2.37. The van der Waals surface area contributed by atoms with E-state index < -0.39 is 0 Å². The summed E-state index contributed by atoms with van der Waals surface area (Å²) in [6.45, 7) is 2.70. The monoisotopic (exact) mass is 517 g/mol. The Bertz CT molecular complexity index is 1720. The zero-order valence-corrected chi connectivity index (χ0v) is 21.9. The second-order valence-corrected chi connectivity index (χ2v) is 9.63. The zero-order chi connectivity index (χ0) is 26.5. The third-order valence-corrected chi connectivity index (χ3v) is 7.41. The van der Waals surface area contributed by atoms with E-state index in [1.54, 1.807) is 14.2 Å². The van der Waals surface area contributed by atoms with Gasteiger partial charge >= 0.3 is 0 Å². The second kappa shape index (κ2) is 9.13. The number of anilines is 1. The van der Waals surface area contributed by atoms with E-state index in [0.29, 0.717) is 11.4 Å². The molecule has 0 radical (unpaired) electrons. The molecule has 0 amide bonds. The average molecular weight is 518 g/mol. The van der Waals surface area contributed by atoms with Gasteiger partial charge in [-0.3, -0.25) is 0 Å². The molecule has 2 aromatic heterocycles. The summed E-state index contributed by atoms with van der Waals surface area (Å²) >= 11 is 0. The number of hydrazone groups is 1. The molecule has 9 heteroatoms. The lowest BCUT2D eigenvalue weighted by Crippen LogP contribution is -2.41. The highest BCUT2D eigenvalue weighted by molar-refractivity contribution is 6.09. The second-order valence-electron chi connectivity index (χ2n) is 9.63. The van der Waals surface area contributed by atoms with Crippen LogP contribution in [0, 0.1) is 6.92 Å². The SMILES string of the molecule is COc1cc2c(cc1OC)C1N(CC2)C(c2nnc(C)c3nn(-c4ccccc4)cc23)=NN1c1ccccc1. The minimum absolute atomic E-state index is 0.173. The van der Waals surface area contributed by atoms with E-state index in [0.717, 1.165) is 58.1 Å². The van der Waals surface area contributed by atoms with Gasteiger partial charge in [-0.2, -0.15) is 10.2 Å². The quantitative estimate of drug-likeness (QED) is 0.329. The molecule has 0 saturated heterocycles. The van der Waals surface area contributed by atoms with Gasteiger partial charge in [0.2, 0.25) is 0 Å². The van der Waals surface area contributed by atoms with E-state index in [1.165, 1.54) is 5.56 Å². The van der Waals surface area contributed by atoms with Crippen molar-refractivity contribution >= 4 is 22.4 Å². The van der Waals surface area contributed by atoms with Crippen molar-refractivity contribution in [2.75, 3.05) is 25.8 Å². The first-order valence-corrected chi connectivity index (χ1v) is 12.9. The number of nitrogens with zero attached hydrogens (tertiary/aromatic N) is 7. The Labute approximate surface area is 225 Å². The Kier molecular flexibility index (Phi) is 5.43. The predicted molar refractivity (Wildman–Crippen MR) is 150 cm³/mol. The Morgan fingerprint density at radius 3 is 2.26 bits per heavy atom. The van der Waals surface area contributed by atoms with Gasteiger partial charge < -0.3 is 14.4 Å². The van der Waals surface area contributed by atoms with Crippen LogP contribution >= 0.6 is 0 Å². The largest absolute Gasteiger partial charge is 0.493 e. The molecule has 0 aliphatic carbocycles. The van der Waals surface area contributed by atoms with E-state index in [9.17, 15) is 0 Å². The molecule has 2 aliphatic rings. The van der Waals surface area contributed by atoms with Gasteiger partial charge in [-0.15, -0.1) is 10.2 Å². The number of hydrogen-bond acceptors (Lipinski definition) is 8. The fourth-order valence-corrected chi connectivity index (χ4v) is 5.51. The van der Waals surface area contributed by atoms with E-state index in [2.05, 4.69) is 44.4 Å². The van der Waals surface area contributed by atoms with Crippen LogP contribution in [0.3, 0.4) is 0 Å². The third-order valence-electron chi connectivity index (χ3n) is 7.41. The molecule has 2 aliphatic heterocycles. The van der Waals surface area contributed by atoms with Gasteiger partial charge in [-0.25, -0.2) is 9.69 Å². The van der Waals surface area contributed by atoms with Gasteiger partial charge in [0.05, 0.1) is 36.7 Å². The summed E-state index contributed by atoms with van der Waals surface area (Å²) in [5.41, 5.74) is 6.60. The molecule has 5 aromatic rings. The lowest BCUT2D eigenvalue weighted by molar-refractivity contribution is 0.311. The van der Waals surface area contributed by atoms with Crippen LogP contribution in [-0.4, -0.2) is 51.5 Å². The summed E-state index contributed by atoms with van der Waals surface area (Å²) in [5.74, 6) is 2.20. The van der Waals surface area contributed by atoms with Gasteiger partial charge in [0.15, 0.2) is 23.5 Å². The zero-order valence-electron chi connectivity index (χ0n) is 21.9. The molecule has 194 valence electrons. The molecule has 0 fully saturated rings. The first kappa shape index (κ1) is 23.2. The molecule has 0 N–H and O–H groups in total. The molecule has 0 saturated carbocycles. The lowest BCUT2D eigenvalue weighted by atomic mass is 9.95. The van der Waals surface area contributed by atoms with Gasteiger partial charge in [-0.05, 0) is 55.3 Å². The van der Waals surface area contributed by atoms with E-state index >= 15 is 0 Å². The molecule has 0 spiro atoms. The van der Waals surface area contributed by atoms with Crippen LogP contribution in [0.2, 0.25) is 0 Å². The van der Waals surface area contributed by atoms with Gasteiger partial charge in [-0.1, -0.05) is 36.4 Å². The number of aromatic nitrogens is 4. The highest BCUT2D eigenvalue weighted by Gasteiger charge is 2.42. The summed E-state index contributed by atoms with van der Waals surface area (Å²) in [5, 5.41) is 22.2. The van der Waals surface area contributed by atoms with Crippen molar-refractivity contribution in [1.29, 1.82) is 0 Å². The first-order chi connectivity index (χ1) is 19.2. The highest BCUT2D eigenvalue weighted by Crippen LogP contribution is 2.44. The van der Waals surface area contributed by atoms with Crippen LogP contribution in [-0.2, 0) is 6.42 Å². The summed E-state index contributed by atoms with van der Waals surface area (Å²) in [7, 11) is 3.34. The first-order valence-electron chi connectivity index (χ1n) is 12.9. The Morgan fingerprint density at radius 2 is 1.54 bits per heavy atom. The molecule has 9 nitrogen and oxygen atoms in total. The Morgan fingerprint density at radius 1 is 0.846 bits per heavy atom. The standard InChI is InChI=1S/C30H27N7O2/c1-19-27-24(18-36(33-27)21-10-6-4-7-11-21)28(32-31-19)29-34-37(22-12-8-5-9-13-22)30-23-17-26(39-3)25(38-2)16-20(23)14-15-35(29)30/h4-13,16-18,30H,14-15H2,1-3H3. The van der Waals surface area contributed by atoms with E-state index in [1.807, 2.05) is 66.3 Å². The topological polar surface area (TPSA) is 80.9 Å². The molecule has 1 unspecified atom stereocenters. The minimum Gasteiger partial charge on any atom is -0.493 e. The van der Waals surface area contributed by atoms with Crippen LogP contribution in [0.1, 0.15) is 28.7 Å². The number of ether oxygens (including phenoxy) is 2. The molecular weight excluding hydrogens is 490 g/mol. The molecule has 1 atom stereocenters. The smallest absolute Gasteiger partial charge is 0.179 e. The van der Waals surface area contributed by atoms with Crippen molar-refractivity contribution in [3.05, 3.63) is 102 Å². The van der Waals surface area contributed by atoms with Crippen LogP contribution in [0.4, 0.5) is 5.69 Å². The summed E-state index contributed by atoms with van der Waals surface area (Å²) < 4.78 is 13.2. The fourth-order valence-electron chi connectivity index (χ4n) is 5.51. The number of para-hydroxylation sites is 2. The maximum atomic E-state index is 5.69.